The Morgan fingerprint density at radius 2 is 2.21 bits per heavy atom. The van der Waals surface area contributed by atoms with Crippen molar-refractivity contribution in [3.63, 3.8) is 0 Å². The first kappa shape index (κ1) is 11.2. The molecule has 1 rings (SSSR count). The standard InChI is InChI=1S/C10H19N3O/c1-8(14)5-10(2,3)6-9-11-7-12-13(9)4/h7-8,14H,5-6H2,1-4H3. The molecular formula is C10H19N3O. The van der Waals surface area contributed by atoms with Gasteiger partial charge in [0.05, 0.1) is 6.10 Å². The summed E-state index contributed by atoms with van der Waals surface area (Å²) in [7, 11) is 1.89. The van der Waals surface area contributed by atoms with Crippen LogP contribution in [0.2, 0.25) is 0 Å². The van der Waals surface area contributed by atoms with Crippen LogP contribution in [0, 0.1) is 5.41 Å². The van der Waals surface area contributed by atoms with Crippen molar-refractivity contribution in [2.75, 3.05) is 0 Å². The molecule has 0 aliphatic heterocycles. The third-order valence-corrected chi connectivity index (χ3v) is 2.29. The molecule has 1 aromatic heterocycles. The van der Waals surface area contributed by atoms with Gasteiger partial charge in [-0.15, -0.1) is 0 Å². The Morgan fingerprint density at radius 1 is 1.57 bits per heavy atom. The fourth-order valence-electron chi connectivity index (χ4n) is 1.78. The SMILES string of the molecule is CC(O)CC(C)(C)Cc1ncnn1C. The van der Waals surface area contributed by atoms with Crippen molar-refractivity contribution in [1.29, 1.82) is 0 Å². The van der Waals surface area contributed by atoms with Crippen LogP contribution in [-0.4, -0.2) is 26.0 Å². The van der Waals surface area contributed by atoms with Crippen LogP contribution in [0.5, 0.6) is 0 Å². The van der Waals surface area contributed by atoms with E-state index >= 15 is 0 Å². The third-order valence-electron chi connectivity index (χ3n) is 2.29. The van der Waals surface area contributed by atoms with Crippen LogP contribution >= 0.6 is 0 Å². The Labute approximate surface area is 85.0 Å². The first-order valence-corrected chi connectivity index (χ1v) is 4.92. The number of nitrogens with zero attached hydrogens (tertiary/aromatic N) is 3. The minimum absolute atomic E-state index is 0.0644. The fraction of sp³-hybridized carbons (Fsp3) is 0.800. The number of aryl methyl sites for hydroxylation is 1. The van der Waals surface area contributed by atoms with Crippen molar-refractivity contribution in [2.24, 2.45) is 12.5 Å². The predicted octanol–water partition coefficient (Wildman–Crippen LogP) is 1.15. The van der Waals surface area contributed by atoms with Gasteiger partial charge in [-0.3, -0.25) is 4.68 Å². The zero-order chi connectivity index (χ0) is 10.8. The zero-order valence-corrected chi connectivity index (χ0v) is 9.36. The maximum Gasteiger partial charge on any atom is 0.138 e. The van der Waals surface area contributed by atoms with Crippen molar-refractivity contribution in [3.8, 4) is 0 Å². The van der Waals surface area contributed by atoms with E-state index in [1.54, 1.807) is 11.0 Å². The van der Waals surface area contributed by atoms with Gasteiger partial charge in [-0.05, 0) is 18.8 Å². The number of hydrogen-bond acceptors (Lipinski definition) is 3. The lowest BCUT2D eigenvalue weighted by Crippen LogP contribution is -2.22. The molecule has 0 amide bonds. The minimum Gasteiger partial charge on any atom is -0.393 e. The normalized spacial score (nSPS) is 14.4. The van der Waals surface area contributed by atoms with Gasteiger partial charge in [-0.2, -0.15) is 5.10 Å². The van der Waals surface area contributed by atoms with Crippen LogP contribution in [0.4, 0.5) is 0 Å². The van der Waals surface area contributed by atoms with E-state index in [2.05, 4.69) is 23.9 Å². The van der Waals surface area contributed by atoms with E-state index in [0.717, 1.165) is 18.7 Å². The van der Waals surface area contributed by atoms with E-state index in [1.807, 2.05) is 14.0 Å². The summed E-state index contributed by atoms with van der Waals surface area (Å²) in [6.45, 7) is 6.08. The van der Waals surface area contributed by atoms with Crippen LogP contribution in [-0.2, 0) is 13.5 Å². The van der Waals surface area contributed by atoms with Gasteiger partial charge >= 0.3 is 0 Å². The summed E-state index contributed by atoms with van der Waals surface area (Å²) in [5.41, 5.74) is 0.0644. The number of hydrogen-bond donors (Lipinski definition) is 1. The van der Waals surface area contributed by atoms with Crippen LogP contribution in [0.15, 0.2) is 6.33 Å². The van der Waals surface area contributed by atoms with Gasteiger partial charge in [-0.1, -0.05) is 13.8 Å². The van der Waals surface area contributed by atoms with Crippen molar-refractivity contribution >= 4 is 0 Å². The highest BCUT2D eigenvalue weighted by molar-refractivity contribution is 4.90. The average molecular weight is 197 g/mol. The van der Waals surface area contributed by atoms with Crippen LogP contribution in [0.25, 0.3) is 0 Å². The number of aliphatic hydroxyl groups is 1. The Kier molecular flexibility index (Phi) is 3.26. The maximum absolute atomic E-state index is 9.34. The lowest BCUT2D eigenvalue weighted by atomic mass is 9.83. The monoisotopic (exact) mass is 197 g/mol. The van der Waals surface area contributed by atoms with Crippen LogP contribution in [0.3, 0.4) is 0 Å². The van der Waals surface area contributed by atoms with Crippen LogP contribution < -0.4 is 0 Å². The first-order chi connectivity index (χ1) is 6.41. The highest BCUT2D eigenvalue weighted by Crippen LogP contribution is 2.26. The van der Waals surface area contributed by atoms with Crippen molar-refractivity contribution in [3.05, 3.63) is 12.2 Å². The van der Waals surface area contributed by atoms with E-state index in [0.29, 0.717) is 0 Å². The molecule has 0 spiro atoms. The van der Waals surface area contributed by atoms with Crippen molar-refractivity contribution in [1.82, 2.24) is 14.8 Å². The van der Waals surface area contributed by atoms with E-state index in [-0.39, 0.29) is 11.5 Å². The molecule has 0 bridgehead atoms. The molecule has 1 unspecified atom stereocenters. The molecule has 1 atom stereocenters. The maximum atomic E-state index is 9.34. The summed E-state index contributed by atoms with van der Waals surface area (Å²) < 4.78 is 1.78. The summed E-state index contributed by atoms with van der Waals surface area (Å²) in [5, 5.41) is 13.4. The zero-order valence-electron chi connectivity index (χ0n) is 9.36. The number of rotatable bonds is 4. The second-order valence-electron chi connectivity index (χ2n) is 4.69. The Morgan fingerprint density at radius 3 is 2.64 bits per heavy atom. The molecule has 80 valence electrons. The van der Waals surface area contributed by atoms with Gasteiger partial charge in [0.25, 0.3) is 0 Å². The molecule has 1 aromatic rings. The summed E-state index contributed by atoms with van der Waals surface area (Å²) in [4.78, 5) is 4.18. The van der Waals surface area contributed by atoms with Gasteiger partial charge < -0.3 is 5.11 Å². The van der Waals surface area contributed by atoms with Gasteiger partial charge in [0.15, 0.2) is 0 Å². The lowest BCUT2D eigenvalue weighted by Gasteiger charge is -2.25. The Bertz CT molecular complexity index is 291. The minimum atomic E-state index is -0.266. The largest absolute Gasteiger partial charge is 0.393 e. The highest BCUT2D eigenvalue weighted by Gasteiger charge is 2.22. The van der Waals surface area contributed by atoms with Crippen LogP contribution in [0.1, 0.15) is 33.0 Å². The molecule has 0 saturated carbocycles. The van der Waals surface area contributed by atoms with Gasteiger partial charge in [-0.25, -0.2) is 4.98 Å². The first-order valence-electron chi connectivity index (χ1n) is 4.92. The molecule has 0 saturated heterocycles. The van der Waals surface area contributed by atoms with Crippen molar-refractivity contribution in [2.45, 2.75) is 39.7 Å². The smallest absolute Gasteiger partial charge is 0.138 e. The average Bonchev–Trinajstić information content (AvgIpc) is 2.32. The molecule has 1 N–H and O–H groups in total. The van der Waals surface area contributed by atoms with E-state index in [1.165, 1.54) is 0 Å². The molecule has 4 nitrogen and oxygen atoms in total. The molecule has 4 heteroatoms. The Balaban J connectivity index is 2.63. The molecule has 0 radical (unpaired) electrons. The molecular weight excluding hydrogens is 178 g/mol. The molecule has 0 aliphatic rings. The van der Waals surface area contributed by atoms with Gasteiger partial charge in [0.1, 0.15) is 12.2 Å². The van der Waals surface area contributed by atoms with Gasteiger partial charge in [0, 0.05) is 13.5 Å². The summed E-state index contributed by atoms with van der Waals surface area (Å²) in [6.07, 6.45) is 2.92. The molecule has 0 aromatic carbocycles. The lowest BCUT2D eigenvalue weighted by molar-refractivity contribution is 0.128. The molecule has 0 aliphatic carbocycles. The summed E-state index contributed by atoms with van der Waals surface area (Å²) in [6, 6.07) is 0. The van der Waals surface area contributed by atoms with E-state index < -0.39 is 0 Å². The summed E-state index contributed by atoms with van der Waals surface area (Å²) in [5.74, 6) is 0.968. The second kappa shape index (κ2) is 4.09. The number of aromatic nitrogens is 3. The number of aliphatic hydroxyl groups excluding tert-OH is 1. The van der Waals surface area contributed by atoms with Crippen molar-refractivity contribution < 1.29 is 5.11 Å². The highest BCUT2D eigenvalue weighted by atomic mass is 16.3. The Hall–Kier alpha value is -0.900. The fourth-order valence-corrected chi connectivity index (χ4v) is 1.78. The quantitative estimate of drug-likeness (QED) is 0.788. The molecule has 14 heavy (non-hydrogen) atoms. The van der Waals surface area contributed by atoms with E-state index in [9.17, 15) is 5.11 Å². The van der Waals surface area contributed by atoms with E-state index in [4.69, 9.17) is 0 Å². The predicted molar refractivity (Wildman–Crippen MR) is 54.8 cm³/mol. The topological polar surface area (TPSA) is 50.9 Å². The second-order valence-corrected chi connectivity index (χ2v) is 4.69. The third kappa shape index (κ3) is 3.10. The summed E-state index contributed by atoms with van der Waals surface area (Å²) >= 11 is 0. The molecule has 0 fully saturated rings. The molecule has 1 heterocycles. The van der Waals surface area contributed by atoms with Gasteiger partial charge in [0.2, 0.25) is 0 Å².